The van der Waals surface area contributed by atoms with E-state index in [1.807, 2.05) is 0 Å². The lowest BCUT2D eigenvalue weighted by atomic mass is 9.99. The van der Waals surface area contributed by atoms with E-state index in [9.17, 15) is 43.2 Å². The summed E-state index contributed by atoms with van der Waals surface area (Å²) in [5, 5.41) is 10.7. The number of hydrogen-bond acceptors (Lipinski definition) is 15. The number of ether oxygens (including phenoxy) is 4. The fourth-order valence-electron chi connectivity index (χ4n) is 13.0. The molecule has 0 aromatic carbocycles. The van der Waals surface area contributed by atoms with Gasteiger partial charge in [-0.1, -0.05) is 389 Å². The van der Waals surface area contributed by atoms with E-state index in [0.29, 0.717) is 25.7 Å². The van der Waals surface area contributed by atoms with Gasteiger partial charge in [-0.2, -0.15) is 0 Å². The number of aliphatic hydroxyl groups excluding tert-OH is 1. The molecule has 103 heavy (non-hydrogen) atoms. The minimum absolute atomic E-state index is 0.105. The number of hydrogen-bond donors (Lipinski definition) is 3. The van der Waals surface area contributed by atoms with Gasteiger partial charge < -0.3 is 33.8 Å². The smallest absolute Gasteiger partial charge is 0.462 e. The molecule has 0 bridgehead atoms. The molecule has 17 nitrogen and oxygen atoms in total. The highest BCUT2D eigenvalue weighted by atomic mass is 31.2. The van der Waals surface area contributed by atoms with Crippen LogP contribution in [0.15, 0.2) is 0 Å². The SMILES string of the molecule is CCCCCCCCCCCCCCCCCCCCCCCC(=O)O[C@H](COC(=O)CCCCCCCCCCCCCCCCC(C)CC)COP(=O)(O)OC[C@@H](O)COP(=O)(O)OC[C@@H](COC(=O)CCCCCCCCCCC(C)CC)OC(=O)CCCCCCCCCCCC(C)C. The van der Waals surface area contributed by atoms with Crippen molar-refractivity contribution in [1.29, 1.82) is 0 Å². The molecular weight excluding hydrogens is 1340 g/mol. The van der Waals surface area contributed by atoms with Crippen LogP contribution in [0, 0.1) is 17.8 Å². The van der Waals surface area contributed by atoms with Crippen LogP contribution >= 0.6 is 15.6 Å². The largest absolute Gasteiger partial charge is 0.472 e. The molecule has 0 aliphatic carbocycles. The first-order chi connectivity index (χ1) is 49.8. The van der Waals surface area contributed by atoms with E-state index >= 15 is 0 Å². The van der Waals surface area contributed by atoms with Crippen molar-refractivity contribution in [3.8, 4) is 0 Å². The van der Waals surface area contributed by atoms with E-state index in [-0.39, 0.29) is 25.7 Å². The van der Waals surface area contributed by atoms with Gasteiger partial charge in [-0.05, 0) is 43.4 Å². The van der Waals surface area contributed by atoms with Crippen molar-refractivity contribution in [2.45, 2.75) is 458 Å². The van der Waals surface area contributed by atoms with Crippen LogP contribution in [-0.2, 0) is 65.4 Å². The third-order valence-corrected chi connectivity index (χ3v) is 22.3. The molecule has 4 unspecified atom stereocenters. The zero-order chi connectivity index (χ0) is 75.8. The van der Waals surface area contributed by atoms with Gasteiger partial charge in [-0.15, -0.1) is 0 Å². The normalized spacial score (nSPS) is 14.4. The summed E-state index contributed by atoms with van der Waals surface area (Å²) in [5.74, 6) is 0.255. The summed E-state index contributed by atoms with van der Waals surface area (Å²) in [6.07, 6.45) is 63.8. The molecule has 0 amide bonds. The highest BCUT2D eigenvalue weighted by Crippen LogP contribution is 2.45. The third kappa shape index (κ3) is 75.3. The Morgan fingerprint density at radius 2 is 0.495 bits per heavy atom. The minimum atomic E-state index is -4.97. The van der Waals surface area contributed by atoms with Crippen molar-refractivity contribution < 1.29 is 80.2 Å². The molecule has 0 heterocycles. The molecule has 0 radical (unpaired) electrons. The van der Waals surface area contributed by atoms with Crippen LogP contribution in [-0.4, -0.2) is 96.7 Å². The number of unbranched alkanes of at least 4 members (excludes halogenated alkanes) is 48. The maximum Gasteiger partial charge on any atom is 0.472 e. The Hall–Kier alpha value is -1.94. The Bertz CT molecular complexity index is 2000. The van der Waals surface area contributed by atoms with E-state index in [1.54, 1.807) is 0 Å². The number of esters is 4. The molecular formula is C84H164O17P2. The molecule has 0 fully saturated rings. The first kappa shape index (κ1) is 101. The number of carbonyl (C=O) groups is 4. The molecule has 0 aliphatic rings. The lowest BCUT2D eigenvalue weighted by molar-refractivity contribution is -0.161. The van der Waals surface area contributed by atoms with Crippen molar-refractivity contribution in [3.63, 3.8) is 0 Å². The van der Waals surface area contributed by atoms with Gasteiger partial charge in [0.05, 0.1) is 26.4 Å². The maximum absolute atomic E-state index is 13.1. The summed E-state index contributed by atoms with van der Waals surface area (Å²) in [7, 11) is -9.93. The number of rotatable bonds is 82. The fraction of sp³-hybridized carbons (Fsp3) is 0.952. The van der Waals surface area contributed by atoms with Crippen molar-refractivity contribution in [2.24, 2.45) is 17.8 Å². The number of carbonyl (C=O) groups excluding carboxylic acids is 4. The van der Waals surface area contributed by atoms with E-state index in [0.717, 1.165) is 108 Å². The number of aliphatic hydroxyl groups is 1. The summed E-state index contributed by atoms with van der Waals surface area (Å²) < 4.78 is 68.8. The highest BCUT2D eigenvalue weighted by molar-refractivity contribution is 7.47. The first-order valence-corrected chi connectivity index (χ1v) is 46.4. The van der Waals surface area contributed by atoms with Crippen molar-refractivity contribution in [1.82, 2.24) is 0 Å². The Morgan fingerprint density at radius 1 is 0.282 bits per heavy atom. The van der Waals surface area contributed by atoms with E-state index < -0.39 is 97.5 Å². The number of phosphoric ester groups is 2. The number of phosphoric acid groups is 2. The molecule has 0 aromatic heterocycles. The molecule has 3 N–H and O–H groups in total. The van der Waals surface area contributed by atoms with Gasteiger partial charge in [0.15, 0.2) is 12.2 Å². The second-order valence-electron chi connectivity index (χ2n) is 31.2. The Balaban J connectivity index is 5.24. The van der Waals surface area contributed by atoms with Crippen LogP contribution in [0.2, 0.25) is 0 Å². The zero-order valence-electron chi connectivity index (χ0n) is 67.8. The van der Waals surface area contributed by atoms with Crippen molar-refractivity contribution >= 4 is 39.5 Å². The van der Waals surface area contributed by atoms with E-state index in [1.165, 1.54) is 250 Å². The van der Waals surface area contributed by atoms with E-state index in [4.69, 9.17) is 37.0 Å². The van der Waals surface area contributed by atoms with Gasteiger partial charge in [-0.25, -0.2) is 9.13 Å². The van der Waals surface area contributed by atoms with Crippen LogP contribution in [0.25, 0.3) is 0 Å². The molecule has 612 valence electrons. The van der Waals surface area contributed by atoms with Crippen LogP contribution in [0.5, 0.6) is 0 Å². The molecule has 0 saturated carbocycles. The molecule has 0 saturated heterocycles. The Kier molecular flexibility index (Phi) is 72.8. The van der Waals surface area contributed by atoms with Crippen molar-refractivity contribution in [3.05, 3.63) is 0 Å². The average Bonchev–Trinajstić information content (AvgIpc) is 0.912. The standard InChI is InChI=1S/C84H164O17P2/c1-8-11-12-13-14-15-16-17-18-19-20-21-22-23-24-29-32-37-46-53-60-67-83(88)100-79(71-94-81(86)65-58-51-44-36-31-28-26-25-27-30-35-42-49-56-63-76(6)9-2)73-98-102(90,91)96-69-78(85)70-97-103(92,93)99-74-80(101-84(89)68-61-54-47-38-33-34-41-48-55-62-75(4)5)72-95-82(87)66-59-52-45-40-39-43-50-57-64-77(7)10-3/h75-80,85H,8-74H2,1-7H3,(H,90,91)(H,92,93)/t76?,77?,78-,79-,80-/m1/s1. The maximum atomic E-state index is 13.1. The lowest BCUT2D eigenvalue weighted by Crippen LogP contribution is -2.30. The van der Waals surface area contributed by atoms with E-state index in [2.05, 4.69) is 48.5 Å². The van der Waals surface area contributed by atoms with Crippen LogP contribution < -0.4 is 0 Å². The Labute approximate surface area is 632 Å². The quantitative estimate of drug-likeness (QED) is 0.0222. The summed E-state index contributed by atoms with van der Waals surface area (Å²) in [6, 6.07) is 0. The Morgan fingerprint density at radius 3 is 0.738 bits per heavy atom. The second kappa shape index (κ2) is 74.2. The van der Waals surface area contributed by atoms with Crippen molar-refractivity contribution in [2.75, 3.05) is 39.6 Å². The summed E-state index contributed by atoms with van der Waals surface area (Å²) >= 11 is 0. The third-order valence-electron chi connectivity index (χ3n) is 20.4. The van der Waals surface area contributed by atoms with Gasteiger partial charge in [0.2, 0.25) is 0 Å². The minimum Gasteiger partial charge on any atom is -0.462 e. The second-order valence-corrected chi connectivity index (χ2v) is 34.1. The van der Waals surface area contributed by atoms with Gasteiger partial charge in [0.1, 0.15) is 19.3 Å². The molecule has 7 atom stereocenters. The zero-order valence-corrected chi connectivity index (χ0v) is 69.6. The van der Waals surface area contributed by atoms with Crippen LogP contribution in [0.4, 0.5) is 0 Å². The van der Waals surface area contributed by atoms with Crippen LogP contribution in [0.1, 0.15) is 440 Å². The topological polar surface area (TPSA) is 237 Å². The highest BCUT2D eigenvalue weighted by Gasteiger charge is 2.30. The average molecular weight is 1510 g/mol. The van der Waals surface area contributed by atoms with Gasteiger partial charge >= 0.3 is 39.5 Å². The molecule has 0 aromatic rings. The van der Waals surface area contributed by atoms with Gasteiger partial charge in [-0.3, -0.25) is 37.3 Å². The summed E-state index contributed by atoms with van der Waals surface area (Å²) in [6.45, 7) is 12.0. The summed E-state index contributed by atoms with van der Waals surface area (Å²) in [5.41, 5.74) is 0. The van der Waals surface area contributed by atoms with Gasteiger partial charge in [0.25, 0.3) is 0 Å². The molecule has 0 spiro atoms. The molecule has 0 aliphatic heterocycles. The summed E-state index contributed by atoms with van der Waals surface area (Å²) in [4.78, 5) is 73.1. The predicted molar refractivity (Wildman–Crippen MR) is 423 cm³/mol. The first-order valence-electron chi connectivity index (χ1n) is 43.4. The predicted octanol–water partition coefficient (Wildman–Crippen LogP) is 25.3. The van der Waals surface area contributed by atoms with Crippen LogP contribution in [0.3, 0.4) is 0 Å². The fourth-order valence-corrected chi connectivity index (χ4v) is 14.5. The molecule has 19 heteroatoms. The van der Waals surface area contributed by atoms with Gasteiger partial charge in [0, 0.05) is 25.7 Å². The lowest BCUT2D eigenvalue weighted by Gasteiger charge is -2.21. The monoisotopic (exact) mass is 1510 g/mol. The molecule has 0 rings (SSSR count).